The summed E-state index contributed by atoms with van der Waals surface area (Å²) in [6, 6.07) is 11.8. The van der Waals surface area contributed by atoms with Crippen molar-refractivity contribution < 1.29 is 8.78 Å². The first-order valence-corrected chi connectivity index (χ1v) is 14.9. The van der Waals surface area contributed by atoms with Crippen LogP contribution in [0.25, 0.3) is 5.57 Å². The smallest absolute Gasteiger partial charge is 0.130 e. The van der Waals surface area contributed by atoms with Gasteiger partial charge in [-0.3, -0.25) is 0 Å². The number of benzene rings is 2. The van der Waals surface area contributed by atoms with Gasteiger partial charge in [0.25, 0.3) is 0 Å². The van der Waals surface area contributed by atoms with E-state index < -0.39 is 0 Å². The Morgan fingerprint density at radius 1 is 0.784 bits per heavy atom. The van der Waals surface area contributed by atoms with Crippen LogP contribution >= 0.6 is 0 Å². The molecule has 2 fully saturated rings. The van der Waals surface area contributed by atoms with E-state index in [0.29, 0.717) is 11.8 Å². The van der Waals surface area contributed by atoms with Crippen molar-refractivity contribution in [1.82, 2.24) is 0 Å². The molecule has 0 radical (unpaired) electrons. The maximum Gasteiger partial charge on any atom is 0.130 e. The van der Waals surface area contributed by atoms with Gasteiger partial charge in [-0.2, -0.15) is 0 Å². The molecule has 1 unspecified atom stereocenters. The zero-order valence-electron chi connectivity index (χ0n) is 22.7. The summed E-state index contributed by atoms with van der Waals surface area (Å²) < 4.78 is 29.8. The topological polar surface area (TPSA) is 0 Å². The number of aryl methyl sites for hydroxylation is 1. The Kier molecular flexibility index (Phi) is 8.63. The van der Waals surface area contributed by atoms with Crippen molar-refractivity contribution in [1.29, 1.82) is 0 Å². The van der Waals surface area contributed by atoms with Crippen LogP contribution in [0.15, 0.2) is 55.1 Å². The summed E-state index contributed by atoms with van der Waals surface area (Å²) in [6.45, 7) is 6.07. The standard InChI is InChI=1S/C35H44F2/c1-3-5-30-18-19-31(22-34(30)36)28-14-16-29(17-15-28)33-21-20-32(23-35(33)37)27-12-10-26(11-13-27)25-8-6-24(4-2)7-9-25/h4,16,18-28H,2-3,5-15,17H2,1H3. The molecule has 0 spiro atoms. The molecule has 198 valence electrons. The summed E-state index contributed by atoms with van der Waals surface area (Å²) >= 11 is 0. The van der Waals surface area contributed by atoms with Crippen LogP contribution in [0, 0.1) is 29.4 Å². The summed E-state index contributed by atoms with van der Waals surface area (Å²) in [5, 5.41) is 0. The molecule has 0 aromatic heterocycles. The lowest BCUT2D eigenvalue weighted by Gasteiger charge is -2.37. The molecule has 1 atom stereocenters. The Hall–Kier alpha value is -2.22. The first-order chi connectivity index (χ1) is 18.1. The molecule has 0 N–H and O–H groups in total. The van der Waals surface area contributed by atoms with Gasteiger partial charge in [0.2, 0.25) is 0 Å². The van der Waals surface area contributed by atoms with Crippen LogP contribution in [-0.2, 0) is 6.42 Å². The van der Waals surface area contributed by atoms with Gasteiger partial charge in [0, 0.05) is 5.56 Å². The van der Waals surface area contributed by atoms with Gasteiger partial charge in [-0.15, -0.1) is 6.58 Å². The summed E-state index contributed by atoms with van der Waals surface area (Å²) in [4.78, 5) is 0. The lowest BCUT2D eigenvalue weighted by atomic mass is 9.68. The van der Waals surface area contributed by atoms with E-state index in [1.54, 1.807) is 6.07 Å². The third-order valence-corrected chi connectivity index (χ3v) is 9.88. The van der Waals surface area contributed by atoms with E-state index in [0.717, 1.165) is 72.1 Å². The van der Waals surface area contributed by atoms with Crippen molar-refractivity contribution in [3.63, 3.8) is 0 Å². The molecule has 0 nitrogen and oxygen atoms in total. The van der Waals surface area contributed by atoms with Crippen LogP contribution in [0.5, 0.6) is 0 Å². The molecule has 2 aromatic carbocycles. The normalized spacial score (nSPS) is 28.5. The number of halogens is 2. The highest BCUT2D eigenvalue weighted by atomic mass is 19.1. The molecule has 3 aliphatic carbocycles. The van der Waals surface area contributed by atoms with Crippen molar-refractivity contribution in [3.8, 4) is 0 Å². The molecular weight excluding hydrogens is 458 g/mol. The van der Waals surface area contributed by atoms with Crippen LogP contribution in [-0.4, -0.2) is 0 Å². The zero-order chi connectivity index (χ0) is 25.8. The third kappa shape index (κ3) is 6.10. The van der Waals surface area contributed by atoms with Gasteiger partial charge in [0.05, 0.1) is 0 Å². The van der Waals surface area contributed by atoms with E-state index in [-0.39, 0.29) is 11.6 Å². The van der Waals surface area contributed by atoms with Gasteiger partial charge < -0.3 is 0 Å². The van der Waals surface area contributed by atoms with Gasteiger partial charge in [0.1, 0.15) is 11.6 Å². The van der Waals surface area contributed by atoms with Crippen molar-refractivity contribution in [2.24, 2.45) is 17.8 Å². The Bertz CT molecular complexity index is 1100. The summed E-state index contributed by atoms with van der Waals surface area (Å²) in [6.07, 6.45) is 19.1. The Morgan fingerprint density at radius 3 is 2.03 bits per heavy atom. The molecule has 0 aliphatic heterocycles. The number of allylic oxidation sites excluding steroid dienone is 3. The quantitative estimate of drug-likeness (QED) is 0.330. The lowest BCUT2D eigenvalue weighted by molar-refractivity contribution is 0.171. The minimum Gasteiger partial charge on any atom is -0.207 e. The summed E-state index contributed by atoms with van der Waals surface area (Å²) in [5.41, 5.74) is 4.95. The Balaban J connectivity index is 1.17. The second-order valence-electron chi connectivity index (χ2n) is 12.1. The van der Waals surface area contributed by atoms with Gasteiger partial charge in [-0.25, -0.2) is 8.78 Å². The zero-order valence-corrected chi connectivity index (χ0v) is 22.7. The van der Waals surface area contributed by atoms with E-state index in [2.05, 4.69) is 37.8 Å². The lowest BCUT2D eigenvalue weighted by Crippen LogP contribution is -2.25. The molecule has 37 heavy (non-hydrogen) atoms. The predicted molar refractivity (Wildman–Crippen MR) is 152 cm³/mol. The molecule has 5 rings (SSSR count). The van der Waals surface area contributed by atoms with Gasteiger partial charge >= 0.3 is 0 Å². The van der Waals surface area contributed by atoms with Crippen LogP contribution in [0.1, 0.15) is 118 Å². The third-order valence-electron chi connectivity index (χ3n) is 9.88. The van der Waals surface area contributed by atoms with Gasteiger partial charge in [-0.05, 0) is 141 Å². The first kappa shape index (κ1) is 26.4. The molecule has 2 heteroatoms. The molecule has 2 aromatic rings. The Labute approximate surface area is 223 Å². The molecular formula is C35H44F2. The van der Waals surface area contributed by atoms with E-state index in [1.807, 2.05) is 18.2 Å². The molecule has 0 amide bonds. The van der Waals surface area contributed by atoms with Gasteiger partial charge in [0.15, 0.2) is 0 Å². The van der Waals surface area contributed by atoms with Crippen molar-refractivity contribution in [3.05, 3.63) is 89.0 Å². The van der Waals surface area contributed by atoms with Crippen molar-refractivity contribution in [2.45, 2.75) is 102 Å². The SMILES string of the molecule is C=CC1CCC(C2CCC(c3ccc(C4=CCC(c5ccc(CCC)c(F)c5)CC4)c(F)c3)CC2)CC1. The molecule has 0 saturated heterocycles. The number of hydrogen-bond acceptors (Lipinski definition) is 0. The highest BCUT2D eigenvalue weighted by Gasteiger charge is 2.31. The number of rotatable bonds is 7. The molecule has 0 heterocycles. The first-order valence-electron chi connectivity index (χ1n) is 14.9. The van der Waals surface area contributed by atoms with Crippen LogP contribution < -0.4 is 0 Å². The van der Waals surface area contributed by atoms with Crippen molar-refractivity contribution >= 4 is 5.57 Å². The highest BCUT2D eigenvalue weighted by Crippen LogP contribution is 2.45. The number of hydrogen-bond donors (Lipinski definition) is 0. The average Bonchev–Trinajstić information content (AvgIpc) is 2.94. The fourth-order valence-corrected chi connectivity index (χ4v) is 7.49. The average molecular weight is 503 g/mol. The fraction of sp³-hybridized carbons (Fsp3) is 0.543. The minimum atomic E-state index is -0.0788. The maximum absolute atomic E-state index is 15.3. The summed E-state index contributed by atoms with van der Waals surface area (Å²) in [7, 11) is 0. The second kappa shape index (κ2) is 12.1. The molecule has 2 saturated carbocycles. The van der Waals surface area contributed by atoms with E-state index in [4.69, 9.17) is 0 Å². The largest absolute Gasteiger partial charge is 0.207 e. The van der Waals surface area contributed by atoms with E-state index >= 15 is 4.39 Å². The monoisotopic (exact) mass is 502 g/mol. The minimum absolute atomic E-state index is 0.0676. The van der Waals surface area contributed by atoms with E-state index in [1.165, 1.54) is 56.9 Å². The highest BCUT2D eigenvalue weighted by molar-refractivity contribution is 5.67. The van der Waals surface area contributed by atoms with Crippen LogP contribution in [0.3, 0.4) is 0 Å². The fourth-order valence-electron chi connectivity index (χ4n) is 7.49. The van der Waals surface area contributed by atoms with E-state index in [9.17, 15) is 4.39 Å². The van der Waals surface area contributed by atoms with Gasteiger partial charge in [-0.1, -0.05) is 49.8 Å². The van der Waals surface area contributed by atoms with Crippen LogP contribution in [0.4, 0.5) is 8.78 Å². The maximum atomic E-state index is 15.3. The van der Waals surface area contributed by atoms with Crippen LogP contribution in [0.2, 0.25) is 0 Å². The van der Waals surface area contributed by atoms with Crippen molar-refractivity contribution in [2.75, 3.05) is 0 Å². The Morgan fingerprint density at radius 2 is 1.43 bits per heavy atom. The molecule has 0 bridgehead atoms. The second-order valence-corrected chi connectivity index (χ2v) is 12.1. The predicted octanol–water partition coefficient (Wildman–Crippen LogP) is 10.5. The summed E-state index contributed by atoms with van der Waals surface area (Å²) in [5.74, 6) is 3.16. The molecule has 3 aliphatic rings.